The van der Waals surface area contributed by atoms with Gasteiger partial charge in [0.1, 0.15) is 11.9 Å². The summed E-state index contributed by atoms with van der Waals surface area (Å²) in [5, 5.41) is 3.01. The lowest BCUT2D eigenvalue weighted by Crippen LogP contribution is -2.51. The van der Waals surface area contributed by atoms with Crippen molar-refractivity contribution in [3.63, 3.8) is 0 Å². The Morgan fingerprint density at radius 3 is 2.35 bits per heavy atom. The third-order valence-electron chi connectivity index (χ3n) is 6.29. The highest BCUT2D eigenvalue weighted by molar-refractivity contribution is 5.88. The minimum Gasteiger partial charge on any atom is -0.454 e. The Kier molecular flexibility index (Phi) is 8.77. The molecule has 4 rings (SSSR count). The third-order valence-corrected chi connectivity index (χ3v) is 6.29. The lowest BCUT2D eigenvalue weighted by molar-refractivity contribution is -0.141. The van der Waals surface area contributed by atoms with Gasteiger partial charge in [-0.2, -0.15) is 0 Å². The molecule has 1 N–H and O–H groups in total. The molecule has 0 aliphatic carbocycles. The fourth-order valence-electron chi connectivity index (χ4n) is 4.25. The fraction of sp³-hybridized carbons (Fsp3) is 0.333. The monoisotopic (exact) mass is 504 g/mol. The number of nitrogens with zero attached hydrogens (tertiary/aromatic N) is 1. The minimum atomic E-state index is -0.713. The van der Waals surface area contributed by atoms with E-state index in [1.54, 1.807) is 17.0 Å². The second kappa shape index (κ2) is 12.4. The van der Waals surface area contributed by atoms with E-state index in [-0.39, 0.29) is 43.3 Å². The van der Waals surface area contributed by atoms with Crippen LogP contribution in [-0.4, -0.2) is 36.1 Å². The minimum absolute atomic E-state index is 0.150. The van der Waals surface area contributed by atoms with Gasteiger partial charge in [-0.15, -0.1) is 0 Å². The van der Waals surface area contributed by atoms with Gasteiger partial charge < -0.3 is 19.7 Å². The first kappa shape index (κ1) is 26.2. The van der Waals surface area contributed by atoms with Crippen LogP contribution in [0.5, 0.6) is 11.5 Å². The second-order valence-corrected chi connectivity index (χ2v) is 9.68. The van der Waals surface area contributed by atoms with Gasteiger partial charge >= 0.3 is 0 Å². The highest BCUT2D eigenvalue weighted by atomic mass is 19.1. The van der Waals surface area contributed by atoms with Crippen LogP contribution < -0.4 is 14.8 Å². The van der Waals surface area contributed by atoms with Gasteiger partial charge in [0.15, 0.2) is 11.5 Å². The summed E-state index contributed by atoms with van der Waals surface area (Å²) in [5.74, 6) is 0.938. The zero-order chi connectivity index (χ0) is 26.2. The standard InChI is InChI=1S/C30H33FN2O4/c1-21(2)18-32-30(35)26(16-22-6-4-3-5-7-22)33(19-24-8-12-25(31)13-9-24)29(34)15-11-23-10-14-27-28(17-23)37-20-36-27/h3-10,12-14,17,21,26H,11,15-16,18-20H2,1-2H3,(H,32,35)/t26-/m1/s1. The molecule has 0 unspecified atom stereocenters. The molecule has 1 aliphatic heterocycles. The fourth-order valence-corrected chi connectivity index (χ4v) is 4.25. The van der Waals surface area contributed by atoms with Gasteiger partial charge in [-0.1, -0.05) is 62.4 Å². The van der Waals surface area contributed by atoms with Gasteiger partial charge in [0.05, 0.1) is 0 Å². The average Bonchev–Trinajstić information content (AvgIpc) is 3.37. The summed E-state index contributed by atoms with van der Waals surface area (Å²) in [5.41, 5.74) is 2.66. The molecule has 0 saturated carbocycles. The first-order valence-electron chi connectivity index (χ1n) is 12.6. The number of aryl methyl sites for hydroxylation is 1. The van der Waals surface area contributed by atoms with Crippen molar-refractivity contribution in [2.45, 2.75) is 45.7 Å². The van der Waals surface area contributed by atoms with E-state index in [4.69, 9.17) is 9.47 Å². The molecule has 0 saturated heterocycles. The molecule has 0 radical (unpaired) electrons. The predicted octanol–water partition coefficient (Wildman–Crippen LogP) is 4.90. The largest absolute Gasteiger partial charge is 0.454 e. The van der Waals surface area contributed by atoms with E-state index in [0.717, 1.165) is 16.7 Å². The van der Waals surface area contributed by atoms with Gasteiger partial charge in [-0.05, 0) is 53.3 Å². The first-order chi connectivity index (χ1) is 17.9. The molecule has 3 aromatic carbocycles. The van der Waals surface area contributed by atoms with Crippen molar-refractivity contribution in [1.29, 1.82) is 0 Å². The number of amides is 2. The highest BCUT2D eigenvalue weighted by Crippen LogP contribution is 2.33. The summed E-state index contributed by atoms with van der Waals surface area (Å²) in [4.78, 5) is 28.8. The van der Waals surface area contributed by atoms with E-state index in [0.29, 0.717) is 30.9 Å². The van der Waals surface area contributed by atoms with Crippen LogP contribution in [0, 0.1) is 11.7 Å². The van der Waals surface area contributed by atoms with E-state index in [2.05, 4.69) is 5.32 Å². The molecule has 3 aromatic rings. The first-order valence-corrected chi connectivity index (χ1v) is 12.6. The van der Waals surface area contributed by atoms with Crippen LogP contribution in [-0.2, 0) is 29.0 Å². The van der Waals surface area contributed by atoms with E-state index in [1.165, 1.54) is 12.1 Å². The Morgan fingerprint density at radius 1 is 0.919 bits per heavy atom. The Balaban J connectivity index is 1.58. The molecule has 1 heterocycles. The number of ether oxygens (including phenoxy) is 2. The van der Waals surface area contributed by atoms with Crippen LogP contribution in [0.4, 0.5) is 4.39 Å². The van der Waals surface area contributed by atoms with Gasteiger partial charge in [0.25, 0.3) is 0 Å². The normalized spacial score (nSPS) is 12.9. The van der Waals surface area contributed by atoms with Crippen molar-refractivity contribution in [2.75, 3.05) is 13.3 Å². The lowest BCUT2D eigenvalue weighted by atomic mass is 10.0. The molecule has 1 atom stereocenters. The smallest absolute Gasteiger partial charge is 0.243 e. The number of hydrogen-bond donors (Lipinski definition) is 1. The molecular weight excluding hydrogens is 471 g/mol. The number of carbonyl (C=O) groups excluding carboxylic acids is 2. The molecule has 1 aliphatic rings. The number of benzene rings is 3. The number of hydrogen-bond acceptors (Lipinski definition) is 4. The van der Waals surface area contributed by atoms with Crippen LogP contribution in [0.2, 0.25) is 0 Å². The van der Waals surface area contributed by atoms with Crippen LogP contribution in [0.25, 0.3) is 0 Å². The highest BCUT2D eigenvalue weighted by Gasteiger charge is 2.30. The second-order valence-electron chi connectivity index (χ2n) is 9.68. The Bertz CT molecular complexity index is 1200. The molecule has 194 valence electrons. The molecule has 0 bridgehead atoms. The van der Waals surface area contributed by atoms with Crippen molar-refractivity contribution in [1.82, 2.24) is 10.2 Å². The zero-order valence-corrected chi connectivity index (χ0v) is 21.3. The zero-order valence-electron chi connectivity index (χ0n) is 21.3. The van der Waals surface area contributed by atoms with Crippen LogP contribution in [0.15, 0.2) is 72.8 Å². The van der Waals surface area contributed by atoms with Crippen molar-refractivity contribution < 1.29 is 23.5 Å². The molecule has 2 amide bonds. The van der Waals surface area contributed by atoms with Crippen LogP contribution in [0.3, 0.4) is 0 Å². The van der Waals surface area contributed by atoms with Crippen molar-refractivity contribution in [2.24, 2.45) is 5.92 Å². The Hall–Kier alpha value is -3.87. The molecule has 6 nitrogen and oxygen atoms in total. The maximum atomic E-state index is 13.7. The summed E-state index contributed by atoms with van der Waals surface area (Å²) in [6.45, 7) is 4.96. The number of fused-ring (bicyclic) bond motifs is 1. The molecule has 7 heteroatoms. The maximum absolute atomic E-state index is 13.7. The van der Waals surface area contributed by atoms with Crippen LogP contribution >= 0.6 is 0 Å². The van der Waals surface area contributed by atoms with Crippen molar-refractivity contribution in [3.8, 4) is 11.5 Å². The number of halogens is 1. The van der Waals surface area contributed by atoms with Gasteiger partial charge in [-0.3, -0.25) is 9.59 Å². The van der Waals surface area contributed by atoms with Crippen molar-refractivity contribution >= 4 is 11.8 Å². The van der Waals surface area contributed by atoms with E-state index in [1.807, 2.05) is 62.4 Å². The quantitative estimate of drug-likeness (QED) is 0.403. The van der Waals surface area contributed by atoms with Crippen LogP contribution in [0.1, 0.15) is 37.0 Å². The summed E-state index contributed by atoms with van der Waals surface area (Å²) in [6, 6.07) is 20.7. The molecule has 0 spiro atoms. The average molecular weight is 505 g/mol. The maximum Gasteiger partial charge on any atom is 0.243 e. The number of carbonyl (C=O) groups is 2. The SMILES string of the molecule is CC(C)CNC(=O)[C@@H](Cc1ccccc1)N(Cc1ccc(F)cc1)C(=O)CCc1ccc2c(c1)OCO2. The lowest BCUT2D eigenvalue weighted by Gasteiger charge is -2.32. The third kappa shape index (κ3) is 7.32. The van der Waals surface area contributed by atoms with Gasteiger partial charge in [0, 0.05) is 25.9 Å². The molecular formula is C30H33FN2O4. The van der Waals surface area contributed by atoms with E-state index in [9.17, 15) is 14.0 Å². The number of rotatable bonds is 11. The molecule has 0 aromatic heterocycles. The van der Waals surface area contributed by atoms with Gasteiger partial charge in [0.2, 0.25) is 18.6 Å². The Labute approximate surface area is 217 Å². The topological polar surface area (TPSA) is 67.9 Å². The summed E-state index contributed by atoms with van der Waals surface area (Å²) >= 11 is 0. The predicted molar refractivity (Wildman–Crippen MR) is 140 cm³/mol. The molecule has 37 heavy (non-hydrogen) atoms. The summed E-state index contributed by atoms with van der Waals surface area (Å²) < 4.78 is 24.4. The van der Waals surface area contributed by atoms with Crippen molar-refractivity contribution in [3.05, 3.63) is 95.3 Å². The van der Waals surface area contributed by atoms with E-state index < -0.39 is 6.04 Å². The number of nitrogens with one attached hydrogen (secondary N) is 1. The van der Waals surface area contributed by atoms with Gasteiger partial charge in [-0.25, -0.2) is 4.39 Å². The Morgan fingerprint density at radius 2 is 1.62 bits per heavy atom. The van der Waals surface area contributed by atoms with E-state index >= 15 is 0 Å². The summed E-state index contributed by atoms with van der Waals surface area (Å²) in [7, 11) is 0. The molecule has 0 fully saturated rings. The summed E-state index contributed by atoms with van der Waals surface area (Å²) in [6.07, 6.45) is 1.08.